The Balaban J connectivity index is 2.18. The van der Waals surface area contributed by atoms with Crippen molar-refractivity contribution < 1.29 is 13.9 Å². The maximum Gasteiger partial charge on any atom is 0.227 e. The van der Waals surface area contributed by atoms with E-state index < -0.39 is 0 Å². The van der Waals surface area contributed by atoms with E-state index in [0.717, 1.165) is 0 Å². The Bertz CT molecular complexity index is 673. The summed E-state index contributed by atoms with van der Waals surface area (Å²) in [5.41, 5.74) is 1.58. The van der Waals surface area contributed by atoms with Crippen LogP contribution in [0.25, 0.3) is 22.6 Å². The molecule has 1 N–H and O–H groups in total. The van der Waals surface area contributed by atoms with Crippen LogP contribution < -0.4 is 0 Å². The zero-order valence-corrected chi connectivity index (χ0v) is 8.72. The number of oxazole rings is 1. The molecule has 0 radical (unpaired) electrons. The molecule has 84 valence electrons. The van der Waals surface area contributed by atoms with Crippen molar-refractivity contribution in [2.45, 2.75) is 0 Å². The molecule has 1 heterocycles. The molecule has 17 heavy (non-hydrogen) atoms. The number of rotatable bonds is 1. The molecule has 3 nitrogen and oxygen atoms in total. The minimum atomic E-state index is -0.312. The Morgan fingerprint density at radius 1 is 1.06 bits per heavy atom. The van der Waals surface area contributed by atoms with Crippen LogP contribution in [0, 0.1) is 5.82 Å². The summed E-state index contributed by atoms with van der Waals surface area (Å²) in [5.74, 6) is 0.0950. The van der Waals surface area contributed by atoms with Crippen molar-refractivity contribution in [1.82, 2.24) is 4.98 Å². The van der Waals surface area contributed by atoms with E-state index >= 15 is 0 Å². The van der Waals surface area contributed by atoms with Gasteiger partial charge in [0.1, 0.15) is 11.3 Å². The fraction of sp³-hybridized carbons (Fsp3) is 0. The summed E-state index contributed by atoms with van der Waals surface area (Å²) in [4.78, 5) is 4.22. The number of halogens is 1. The summed E-state index contributed by atoms with van der Waals surface area (Å²) in [7, 11) is 0. The van der Waals surface area contributed by atoms with Crippen molar-refractivity contribution in [3.05, 3.63) is 48.3 Å². The van der Waals surface area contributed by atoms with Gasteiger partial charge in [-0.15, -0.1) is 0 Å². The van der Waals surface area contributed by atoms with Crippen molar-refractivity contribution in [2.75, 3.05) is 0 Å². The summed E-state index contributed by atoms with van der Waals surface area (Å²) >= 11 is 0. The largest absolute Gasteiger partial charge is 0.504 e. The zero-order valence-electron chi connectivity index (χ0n) is 8.72. The molecule has 0 saturated heterocycles. The van der Waals surface area contributed by atoms with Crippen LogP contribution in [0.2, 0.25) is 0 Å². The molecule has 0 saturated carbocycles. The van der Waals surface area contributed by atoms with Gasteiger partial charge in [-0.05, 0) is 36.4 Å². The maximum absolute atomic E-state index is 12.8. The van der Waals surface area contributed by atoms with Crippen LogP contribution in [0.5, 0.6) is 5.75 Å². The number of benzene rings is 2. The molecular weight excluding hydrogens is 221 g/mol. The lowest BCUT2D eigenvalue weighted by Gasteiger charge is -1.93. The maximum atomic E-state index is 12.8. The number of aromatic nitrogens is 1. The van der Waals surface area contributed by atoms with E-state index in [1.807, 2.05) is 0 Å². The number of hydrogen-bond donors (Lipinski definition) is 1. The lowest BCUT2D eigenvalue weighted by Crippen LogP contribution is -1.77. The third kappa shape index (κ3) is 1.63. The molecular formula is C13H8FNO2. The van der Waals surface area contributed by atoms with Crippen molar-refractivity contribution in [2.24, 2.45) is 0 Å². The van der Waals surface area contributed by atoms with Crippen LogP contribution in [-0.4, -0.2) is 10.1 Å². The smallest absolute Gasteiger partial charge is 0.227 e. The lowest BCUT2D eigenvalue weighted by molar-refractivity contribution is 0.466. The first-order valence-electron chi connectivity index (χ1n) is 5.08. The number of aromatic hydroxyl groups is 1. The van der Waals surface area contributed by atoms with E-state index in [9.17, 15) is 9.50 Å². The standard InChI is InChI=1S/C13H8FNO2/c14-9-6-4-8(5-7-9)13-15-10-2-1-3-11(16)12(10)17-13/h1-7,16H. The van der Waals surface area contributed by atoms with Crippen LogP contribution in [-0.2, 0) is 0 Å². The van der Waals surface area contributed by atoms with Gasteiger partial charge < -0.3 is 9.52 Å². The van der Waals surface area contributed by atoms with E-state index in [4.69, 9.17) is 4.42 Å². The van der Waals surface area contributed by atoms with E-state index in [2.05, 4.69) is 4.98 Å². The van der Waals surface area contributed by atoms with E-state index in [1.54, 1.807) is 24.3 Å². The second-order valence-corrected chi connectivity index (χ2v) is 3.65. The Morgan fingerprint density at radius 2 is 1.82 bits per heavy atom. The Morgan fingerprint density at radius 3 is 2.53 bits per heavy atom. The summed E-state index contributed by atoms with van der Waals surface area (Å²) < 4.78 is 18.2. The Kier molecular flexibility index (Phi) is 2.08. The summed E-state index contributed by atoms with van der Waals surface area (Å²) in [6, 6.07) is 10.8. The molecule has 3 rings (SSSR count). The molecule has 3 aromatic rings. The number of nitrogens with zero attached hydrogens (tertiary/aromatic N) is 1. The lowest BCUT2D eigenvalue weighted by atomic mass is 10.2. The average Bonchev–Trinajstić information content (AvgIpc) is 2.75. The van der Waals surface area contributed by atoms with E-state index in [0.29, 0.717) is 22.6 Å². The Labute approximate surface area is 96.1 Å². The van der Waals surface area contributed by atoms with Gasteiger partial charge in [0, 0.05) is 5.56 Å². The highest BCUT2D eigenvalue weighted by molar-refractivity contribution is 5.81. The molecule has 0 amide bonds. The monoisotopic (exact) mass is 229 g/mol. The number of para-hydroxylation sites is 1. The highest BCUT2D eigenvalue weighted by atomic mass is 19.1. The minimum absolute atomic E-state index is 0.0448. The van der Waals surface area contributed by atoms with Gasteiger partial charge >= 0.3 is 0 Å². The molecule has 0 aliphatic rings. The van der Waals surface area contributed by atoms with Gasteiger partial charge in [0.25, 0.3) is 0 Å². The molecule has 0 unspecified atom stereocenters. The molecule has 0 fully saturated rings. The number of hydrogen-bond acceptors (Lipinski definition) is 3. The average molecular weight is 229 g/mol. The normalized spacial score (nSPS) is 10.9. The summed E-state index contributed by atoms with van der Waals surface area (Å²) in [6.07, 6.45) is 0. The first kappa shape index (κ1) is 9.84. The van der Waals surface area contributed by atoms with Crippen LogP contribution in [0.3, 0.4) is 0 Å². The van der Waals surface area contributed by atoms with Gasteiger partial charge in [-0.2, -0.15) is 0 Å². The van der Waals surface area contributed by atoms with E-state index in [1.165, 1.54) is 18.2 Å². The minimum Gasteiger partial charge on any atom is -0.504 e. The second-order valence-electron chi connectivity index (χ2n) is 3.65. The predicted molar refractivity (Wildman–Crippen MR) is 61.1 cm³/mol. The second kappa shape index (κ2) is 3.59. The SMILES string of the molecule is Oc1cccc2nc(-c3ccc(F)cc3)oc12. The van der Waals surface area contributed by atoms with Gasteiger partial charge in [0.2, 0.25) is 5.89 Å². The number of phenolic OH excluding ortho intramolecular Hbond substituents is 1. The first-order valence-corrected chi connectivity index (χ1v) is 5.08. The van der Waals surface area contributed by atoms with Crippen molar-refractivity contribution in [3.63, 3.8) is 0 Å². The highest BCUT2D eigenvalue weighted by Crippen LogP contribution is 2.29. The molecule has 0 aliphatic heterocycles. The van der Waals surface area contributed by atoms with Crippen LogP contribution in [0.15, 0.2) is 46.9 Å². The van der Waals surface area contributed by atoms with Crippen LogP contribution >= 0.6 is 0 Å². The summed E-state index contributed by atoms with van der Waals surface area (Å²) in [6.45, 7) is 0. The molecule has 0 atom stereocenters. The van der Waals surface area contributed by atoms with Gasteiger partial charge in [0.05, 0.1) is 0 Å². The van der Waals surface area contributed by atoms with Crippen LogP contribution in [0.4, 0.5) is 4.39 Å². The summed E-state index contributed by atoms with van der Waals surface area (Å²) in [5, 5.41) is 9.58. The van der Waals surface area contributed by atoms with Crippen molar-refractivity contribution in [3.8, 4) is 17.2 Å². The third-order valence-corrected chi connectivity index (χ3v) is 2.49. The van der Waals surface area contributed by atoms with Crippen LogP contribution in [0.1, 0.15) is 0 Å². The van der Waals surface area contributed by atoms with Gasteiger partial charge in [0.15, 0.2) is 11.3 Å². The van der Waals surface area contributed by atoms with Gasteiger partial charge in [-0.1, -0.05) is 6.07 Å². The molecule has 2 aromatic carbocycles. The van der Waals surface area contributed by atoms with Crippen molar-refractivity contribution >= 4 is 11.1 Å². The fourth-order valence-corrected chi connectivity index (χ4v) is 1.65. The molecule has 0 spiro atoms. The zero-order chi connectivity index (χ0) is 11.8. The molecule has 1 aromatic heterocycles. The number of fused-ring (bicyclic) bond motifs is 1. The molecule has 0 aliphatic carbocycles. The molecule has 4 heteroatoms. The number of phenols is 1. The van der Waals surface area contributed by atoms with Gasteiger partial charge in [-0.3, -0.25) is 0 Å². The highest BCUT2D eigenvalue weighted by Gasteiger charge is 2.10. The third-order valence-electron chi connectivity index (χ3n) is 2.49. The fourth-order valence-electron chi connectivity index (χ4n) is 1.65. The topological polar surface area (TPSA) is 46.3 Å². The van der Waals surface area contributed by atoms with Gasteiger partial charge in [-0.25, -0.2) is 9.37 Å². The Hall–Kier alpha value is -2.36. The first-order chi connectivity index (χ1) is 8.24. The molecule has 0 bridgehead atoms. The quantitative estimate of drug-likeness (QED) is 0.696. The van der Waals surface area contributed by atoms with E-state index in [-0.39, 0.29) is 11.6 Å². The predicted octanol–water partition coefficient (Wildman–Crippen LogP) is 3.34. The van der Waals surface area contributed by atoms with Crippen molar-refractivity contribution in [1.29, 1.82) is 0 Å².